The Morgan fingerprint density at radius 2 is 1.70 bits per heavy atom. The second kappa shape index (κ2) is 6.08. The number of hydrogen-bond donors (Lipinski definition) is 0. The number of para-hydroxylation sites is 2. The van der Waals surface area contributed by atoms with Crippen molar-refractivity contribution >= 4 is 28.9 Å². The average molecular weight is 305 g/mol. The third-order valence-corrected chi connectivity index (χ3v) is 3.85. The highest BCUT2D eigenvalue weighted by Gasteiger charge is 2.05. The number of hydrogen-bond acceptors (Lipinski definition) is 3. The SMILES string of the molecule is CN(C)c1ccc(/C=C/c2nc3ccccc3n(C)c2=O)cc1. The molecule has 1 heterocycles. The Morgan fingerprint density at radius 1 is 1.00 bits per heavy atom. The minimum Gasteiger partial charge on any atom is -0.378 e. The summed E-state index contributed by atoms with van der Waals surface area (Å²) in [6.45, 7) is 0. The van der Waals surface area contributed by atoms with Crippen LogP contribution in [-0.4, -0.2) is 23.6 Å². The van der Waals surface area contributed by atoms with Gasteiger partial charge < -0.3 is 9.47 Å². The Bertz CT molecular complexity index is 921. The van der Waals surface area contributed by atoms with Gasteiger partial charge in [0.25, 0.3) is 5.56 Å². The van der Waals surface area contributed by atoms with Gasteiger partial charge in [0.15, 0.2) is 0 Å². The molecular weight excluding hydrogens is 286 g/mol. The van der Waals surface area contributed by atoms with Crippen molar-refractivity contribution in [3.63, 3.8) is 0 Å². The van der Waals surface area contributed by atoms with E-state index in [1.165, 1.54) is 0 Å². The van der Waals surface area contributed by atoms with E-state index in [2.05, 4.69) is 4.98 Å². The van der Waals surface area contributed by atoms with Crippen molar-refractivity contribution in [1.82, 2.24) is 9.55 Å². The van der Waals surface area contributed by atoms with Gasteiger partial charge in [-0.3, -0.25) is 4.79 Å². The van der Waals surface area contributed by atoms with Crippen LogP contribution in [0.2, 0.25) is 0 Å². The van der Waals surface area contributed by atoms with E-state index >= 15 is 0 Å². The molecule has 0 fully saturated rings. The third-order valence-electron chi connectivity index (χ3n) is 3.85. The molecule has 0 aliphatic heterocycles. The number of nitrogens with zero attached hydrogens (tertiary/aromatic N) is 3. The third kappa shape index (κ3) is 3.01. The van der Waals surface area contributed by atoms with Crippen molar-refractivity contribution in [3.8, 4) is 0 Å². The van der Waals surface area contributed by atoms with Crippen molar-refractivity contribution in [2.75, 3.05) is 19.0 Å². The average Bonchev–Trinajstić information content (AvgIpc) is 2.57. The van der Waals surface area contributed by atoms with Gasteiger partial charge in [-0.1, -0.05) is 30.3 Å². The fraction of sp³-hybridized carbons (Fsp3) is 0.158. The molecule has 0 atom stereocenters. The Kier molecular flexibility index (Phi) is 3.98. The van der Waals surface area contributed by atoms with Crippen molar-refractivity contribution in [1.29, 1.82) is 0 Å². The second-order valence-corrected chi connectivity index (χ2v) is 5.67. The summed E-state index contributed by atoms with van der Waals surface area (Å²) in [6.07, 6.45) is 3.69. The van der Waals surface area contributed by atoms with E-state index in [-0.39, 0.29) is 5.56 Å². The number of fused-ring (bicyclic) bond motifs is 1. The molecule has 0 spiro atoms. The molecule has 0 amide bonds. The first kappa shape index (κ1) is 15.0. The molecule has 4 heteroatoms. The van der Waals surface area contributed by atoms with E-state index in [1.807, 2.05) is 73.6 Å². The van der Waals surface area contributed by atoms with Crippen LogP contribution in [0.5, 0.6) is 0 Å². The molecule has 0 N–H and O–H groups in total. The first-order chi connectivity index (χ1) is 11.1. The predicted molar refractivity (Wildman–Crippen MR) is 96.7 cm³/mol. The lowest BCUT2D eigenvalue weighted by Gasteiger charge is -2.11. The van der Waals surface area contributed by atoms with E-state index in [0.29, 0.717) is 5.69 Å². The Balaban J connectivity index is 1.97. The van der Waals surface area contributed by atoms with Gasteiger partial charge in [-0.25, -0.2) is 4.98 Å². The summed E-state index contributed by atoms with van der Waals surface area (Å²) in [5.41, 5.74) is 4.18. The topological polar surface area (TPSA) is 38.1 Å². The zero-order valence-electron chi connectivity index (χ0n) is 13.5. The van der Waals surface area contributed by atoms with E-state index in [1.54, 1.807) is 17.7 Å². The molecule has 0 radical (unpaired) electrons. The highest BCUT2D eigenvalue weighted by molar-refractivity contribution is 5.77. The van der Waals surface area contributed by atoms with Crippen molar-refractivity contribution < 1.29 is 0 Å². The van der Waals surface area contributed by atoms with Gasteiger partial charge in [0.05, 0.1) is 11.0 Å². The summed E-state index contributed by atoms with van der Waals surface area (Å²) in [5.74, 6) is 0. The Labute approximate surface area is 135 Å². The normalized spacial score (nSPS) is 11.3. The second-order valence-electron chi connectivity index (χ2n) is 5.67. The van der Waals surface area contributed by atoms with Gasteiger partial charge in [-0.05, 0) is 35.9 Å². The lowest BCUT2D eigenvalue weighted by molar-refractivity contribution is 0.887. The van der Waals surface area contributed by atoms with E-state index in [4.69, 9.17) is 0 Å². The quantitative estimate of drug-likeness (QED) is 0.746. The van der Waals surface area contributed by atoms with E-state index in [0.717, 1.165) is 22.3 Å². The lowest BCUT2D eigenvalue weighted by Crippen LogP contribution is -2.21. The van der Waals surface area contributed by atoms with Gasteiger partial charge in [0.1, 0.15) is 5.69 Å². The molecule has 116 valence electrons. The summed E-state index contributed by atoms with van der Waals surface area (Å²) in [6, 6.07) is 15.8. The number of rotatable bonds is 3. The fourth-order valence-corrected chi connectivity index (χ4v) is 2.47. The fourth-order valence-electron chi connectivity index (χ4n) is 2.47. The van der Waals surface area contributed by atoms with Crippen molar-refractivity contribution in [2.45, 2.75) is 0 Å². The van der Waals surface area contributed by atoms with Crippen LogP contribution >= 0.6 is 0 Å². The summed E-state index contributed by atoms with van der Waals surface area (Å²) >= 11 is 0. The number of aromatic nitrogens is 2. The van der Waals surface area contributed by atoms with Crippen molar-refractivity contribution in [2.24, 2.45) is 7.05 Å². The van der Waals surface area contributed by atoms with Crippen LogP contribution in [0, 0.1) is 0 Å². The van der Waals surface area contributed by atoms with E-state index in [9.17, 15) is 4.79 Å². The summed E-state index contributed by atoms with van der Waals surface area (Å²) in [4.78, 5) is 18.9. The minimum absolute atomic E-state index is 0.0927. The summed E-state index contributed by atoms with van der Waals surface area (Å²) < 4.78 is 1.64. The minimum atomic E-state index is -0.0927. The Hall–Kier alpha value is -2.88. The molecule has 0 bridgehead atoms. The molecule has 3 aromatic rings. The number of aryl methyl sites for hydroxylation is 1. The largest absolute Gasteiger partial charge is 0.378 e. The zero-order chi connectivity index (χ0) is 16.4. The predicted octanol–water partition coefficient (Wildman–Crippen LogP) is 3.17. The van der Waals surface area contributed by atoms with Gasteiger partial charge >= 0.3 is 0 Å². The van der Waals surface area contributed by atoms with Gasteiger partial charge in [0, 0.05) is 26.8 Å². The molecule has 1 aromatic heterocycles. The number of benzene rings is 2. The monoisotopic (exact) mass is 305 g/mol. The standard InChI is InChI=1S/C19H19N3O/c1-21(2)15-11-8-14(9-12-15)10-13-17-19(23)22(3)18-7-5-4-6-16(18)20-17/h4-13H,1-3H3/b13-10+. The molecular formula is C19H19N3O. The first-order valence-electron chi connectivity index (χ1n) is 7.47. The van der Waals surface area contributed by atoms with Crippen LogP contribution in [0.25, 0.3) is 23.2 Å². The molecule has 0 unspecified atom stereocenters. The molecule has 2 aromatic carbocycles. The number of anilines is 1. The molecule has 0 aliphatic carbocycles. The summed E-state index contributed by atoms with van der Waals surface area (Å²) in [5, 5.41) is 0. The zero-order valence-corrected chi connectivity index (χ0v) is 13.5. The van der Waals surface area contributed by atoms with E-state index < -0.39 is 0 Å². The van der Waals surface area contributed by atoms with Gasteiger partial charge in [-0.15, -0.1) is 0 Å². The maximum Gasteiger partial charge on any atom is 0.276 e. The highest BCUT2D eigenvalue weighted by atomic mass is 16.1. The van der Waals surface area contributed by atoms with Crippen LogP contribution in [0.4, 0.5) is 5.69 Å². The van der Waals surface area contributed by atoms with Gasteiger partial charge in [0.2, 0.25) is 0 Å². The first-order valence-corrected chi connectivity index (χ1v) is 7.47. The van der Waals surface area contributed by atoms with Crippen LogP contribution < -0.4 is 10.5 Å². The molecule has 3 rings (SSSR count). The highest BCUT2D eigenvalue weighted by Crippen LogP contribution is 2.14. The molecule has 23 heavy (non-hydrogen) atoms. The summed E-state index contributed by atoms with van der Waals surface area (Å²) in [7, 11) is 5.79. The van der Waals surface area contributed by atoms with Crippen LogP contribution in [0.15, 0.2) is 53.3 Å². The maximum atomic E-state index is 12.4. The molecule has 4 nitrogen and oxygen atoms in total. The van der Waals surface area contributed by atoms with Crippen LogP contribution in [0.1, 0.15) is 11.3 Å². The van der Waals surface area contributed by atoms with Crippen LogP contribution in [0.3, 0.4) is 0 Å². The van der Waals surface area contributed by atoms with Crippen LogP contribution in [-0.2, 0) is 7.05 Å². The smallest absolute Gasteiger partial charge is 0.276 e. The van der Waals surface area contributed by atoms with Gasteiger partial charge in [-0.2, -0.15) is 0 Å². The molecule has 0 aliphatic rings. The Morgan fingerprint density at radius 3 is 2.39 bits per heavy atom. The maximum absolute atomic E-state index is 12.4. The lowest BCUT2D eigenvalue weighted by atomic mass is 10.1. The molecule has 0 saturated heterocycles. The van der Waals surface area contributed by atoms with Crippen molar-refractivity contribution in [3.05, 3.63) is 70.1 Å². The molecule has 0 saturated carbocycles.